The number of ether oxygens (including phenoxy) is 2. The van der Waals surface area contributed by atoms with Crippen molar-refractivity contribution in [3.05, 3.63) is 47.8 Å². The first-order chi connectivity index (χ1) is 13.1. The molecule has 2 aromatic rings. The summed E-state index contributed by atoms with van der Waals surface area (Å²) in [6.07, 6.45) is 5.32. The number of benzene rings is 1. The Labute approximate surface area is 160 Å². The van der Waals surface area contributed by atoms with Gasteiger partial charge in [0.1, 0.15) is 11.8 Å². The molecule has 146 valence electrons. The van der Waals surface area contributed by atoms with Crippen LogP contribution in [0.4, 0.5) is 0 Å². The van der Waals surface area contributed by atoms with Crippen LogP contribution in [-0.4, -0.2) is 49.6 Å². The van der Waals surface area contributed by atoms with Crippen molar-refractivity contribution in [1.82, 2.24) is 20.4 Å². The molecule has 3 rings (SSSR count). The van der Waals surface area contributed by atoms with Crippen LogP contribution < -0.4 is 15.4 Å². The maximum absolute atomic E-state index is 12.8. The van der Waals surface area contributed by atoms with E-state index in [1.807, 2.05) is 25.4 Å². The highest BCUT2D eigenvalue weighted by atomic mass is 16.5. The average Bonchev–Trinajstić information content (AvgIpc) is 3.13. The van der Waals surface area contributed by atoms with Gasteiger partial charge in [0.2, 0.25) is 5.91 Å². The van der Waals surface area contributed by atoms with Crippen molar-refractivity contribution < 1.29 is 14.3 Å². The molecule has 1 aliphatic rings. The summed E-state index contributed by atoms with van der Waals surface area (Å²) in [5, 5.41) is 10.4. The van der Waals surface area contributed by atoms with Crippen LogP contribution in [0.5, 0.6) is 5.75 Å². The Morgan fingerprint density at radius 1 is 1.33 bits per heavy atom. The largest absolute Gasteiger partial charge is 0.497 e. The average molecular weight is 372 g/mol. The zero-order valence-corrected chi connectivity index (χ0v) is 16.2. The monoisotopic (exact) mass is 372 g/mol. The second-order valence-electron chi connectivity index (χ2n) is 7.01. The minimum Gasteiger partial charge on any atom is -0.497 e. The fourth-order valence-electron chi connectivity index (χ4n) is 3.67. The van der Waals surface area contributed by atoms with Crippen LogP contribution in [0.25, 0.3) is 0 Å². The number of nitrogens with zero attached hydrogens (tertiary/aromatic N) is 2. The van der Waals surface area contributed by atoms with Crippen molar-refractivity contribution >= 4 is 5.91 Å². The van der Waals surface area contributed by atoms with Crippen molar-refractivity contribution in [2.24, 2.45) is 7.05 Å². The van der Waals surface area contributed by atoms with E-state index in [1.165, 1.54) is 5.56 Å². The number of hydrogen-bond acceptors (Lipinski definition) is 5. The molecular weight excluding hydrogens is 344 g/mol. The Balaban J connectivity index is 1.75. The lowest BCUT2D eigenvalue weighted by molar-refractivity contribution is -0.123. The maximum atomic E-state index is 12.8. The Morgan fingerprint density at radius 2 is 2.04 bits per heavy atom. The van der Waals surface area contributed by atoms with Crippen molar-refractivity contribution in [1.29, 1.82) is 0 Å². The Hall–Kier alpha value is -2.38. The topological polar surface area (TPSA) is 77.4 Å². The molecule has 1 aromatic heterocycles. The molecule has 27 heavy (non-hydrogen) atoms. The standard InChI is InChI=1S/C20H28N4O3/c1-21-18(15-12-23-24(2)13-15)19(25)22-14-20(8-10-27-11-9-20)16-4-6-17(26-3)7-5-16/h4-7,12-13,18,21H,8-11,14H2,1-3H3,(H,22,25). The minimum atomic E-state index is -0.425. The number of likely N-dealkylation sites (N-methyl/N-ethyl adjacent to an activating group) is 1. The van der Waals surface area contributed by atoms with Gasteiger partial charge in [0.25, 0.3) is 0 Å². The lowest BCUT2D eigenvalue weighted by atomic mass is 9.74. The summed E-state index contributed by atoms with van der Waals surface area (Å²) in [5.74, 6) is 0.779. The van der Waals surface area contributed by atoms with Gasteiger partial charge in [-0.3, -0.25) is 9.48 Å². The van der Waals surface area contributed by atoms with Crippen LogP contribution in [0.2, 0.25) is 0 Å². The molecule has 1 aromatic carbocycles. The van der Waals surface area contributed by atoms with E-state index in [0.29, 0.717) is 19.8 Å². The summed E-state index contributed by atoms with van der Waals surface area (Å²) < 4.78 is 12.6. The van der Waals surface area contributed by atoms with Gasteiger partial charge in [0.15, 0.2) is 0 Å². The van der Waals surface area contributed by atoms with E-state index in [1.54, 1.807) is 25.0 Å². The van der Waals surface area contributed by atoms with Gasteiger partial charge in [-0.1, -0.05) is 12.1 Å². The second-order valence-corrected chi connectivity index (χ2v) is 7.01. The third kappa shape index (κ3) is 4.31. The van der Waals surface area contributed by atoms with E-state index in [2.05, 4.69) is 27.9 Å². The Kier molecular flexibility index (Phi) is 6.13. The molecule has 1 unspecified atom stereocenters. The molecule has 1 atom stereocenters. The molecule has 0 saturated carbocycles. The lowest BCUT2D eigenvalue weighted by Gasteiger charge is -2.38. The number of rotatable bonds is 7. The van der Waals surface area contributed by atoms with Gasteiger partial charge in [-0.15, -0.1) is 0 Å². The summed E-state index contributed by atoms with van der Waals surface area (Å²) in [6, 6.07) is 7.70. The van der Waals surface area contributed by atoms with Gasteiger partial charge in [-0.2, -0.15) is 5.10 Å². The SMILES string of the molecule is CNC(C(=O)NCC1(c2ccc(OC)cc2)CCOCC1)c1cnn(C)c1. The minimum absolute atomic E-state index is 0.0510. The molecule has 7 heteroatoms. The van der Waals surface area contributed by atoms with Crippen LogP contribution in [0.3, 0.4) is 0 Å². The first-order valence-electron chi connectivity index (χ1n) is 9.24. The number of amides is 1. The van der Waals surface area contributed by atoms with E-state index in [0.717, 1.165) is 24.2 Å². The number of hydrogen-bond donors (Lipinski definition) is 2. The highest BCUT2D eigenvalue weighted by Crippen LogP contribution is 2.35. The van der Waals surface area contributed by atoms with Gasteiger partial charge in [-0.25, -0.2) is 0 Å². The number of carbonyl (C=O) groups excluding carboxylic acids is 1. The molecule has 0 radical (unpaired) electrons. The normalized spacial score (nSPS) is 17.3. The fourth-order valence-corrected chi connectivity index (χ4v) is 3.67. The van der Waals surface area contributed by atoms with Gasteiger partial charge < -0.3 is 20.1 Å². The van der Waals surface area contributed by atoms with Crippen LogP contribution in [0.15, 0.2) is 36.7 Å². The Bertz CT molecular complexity index is 751. The summed E-state index contributed by atoms with van der Waals surface area (Å²) in [5.41, 5.74) is 1.92. The summed E-state index contributed by atoms with van der Waals surface area (Å²) in [4.78, 5) is 12.8. The van der Waals surface area contributed by atoms with Crippen LogP contribution >= 0.6 is 0 Å². The molecule has 0 bridgehead atoms. The molecule has 1 fully saturated rings. The van der Waals surface area contributed by atoms with E-state index >= 15 is 0 Å². The van der Waals surface area contributed by atoms with Gasteiger partial charge in [0, 0.05) is 44.0 Å². The third-order valence-corrected chi connectivity index (χ3v) is 5.36. The first kappa shape index (κ1) is 19.4. The predicted octanol–water partition coefficient (Wildman–Crippen LogP) is 1.55. The summed E-state index contributed by atoms with van der Waals surface area (Å²) in [6.45, 7) is 1.96. The van der Waals surface area contributed by atoms with E-state index in [-0.39, 0.29) is 11.3 Å². The highest BCUT2D eigenvalue weighted by molar-refractivity contribution is 5.83. The molecule has 2 N–H and O–H groups in total. The molecule has 0 spiro atoms. The number of aromatic nitrogens is 2. The smallest absolute Gasteiger partial charge is 0.241 e. The van der Waals surface area contributed by atoms with Crippen molar-refractivity contribution in [2.75, 3.05) is 33.9 Å². The Morgan fingerprint density at radius 3 is 2.59 bits per heavy atom. The van der Waals surface area contributed by atoms with Crippen LogP contribution in [0, 0.1) is 0 Å². The molecule has 1 aliphatic heterocycles. The van der Waals surface area contributed by atoms with E-state index < -0.39 is 6.04 Å². The van der Waals surface area contributed by atoms with E-state index in [9.17, 15) is 4.79 Å². The van der Waals surface area contributed by atoms with Crippen LogP contribution in [0.1, 0.15) is 30.0 Å². The van der Waals surface area contributed by atoms with Gasteiger partial charge >= 0.3 is 0 Å². The molecule has 1 saturated heterocycles. The fraction of sp³-hybridized carbons (Fsp3) is 0.500. The number of methoxy groups -OCH3 is 1. The number of aryl methyl sites for hydroxylation is 1. The number of nitrogens with one attached hydrogen (secondary N) is 2. The lowest BCUT2D eigenvalue weighted by Crippen LogP contribution is -2.47. The van der Waals surface area contributed by atoms with Crippen molar-refractivity contribution in [3.8, 4) is 5.75 Å². The zero-order chi connectivity index (χ0) is 19.3. The van der Waals surface area contributed by atoms with Crippen molar-refractivity contribution in [3.63, 3.8) is 0 Å². The molecule has 1 amide bonds. The first-order valence-corrected chi connectivity index (χ1v) is 9.24. The second kappa shape index (κ2) is 8.54. The van der Waals surface area contributed by atoms with Crippen LogP contribution in [-0.2, 0) is 22.0 Å². The third-order valence-electron chi connectivity index (χ3n) is 5.36. The molecule has 0 aliphatic carbocycles. The summed E-state index contributed by atoms with van der Waals surface area (Å²) >= 11 is 0. The predicted molar refractivity (Wildman–Crippen MR) is 103 cm³/mol. The van der Waals surface area contributed by atoms with Crippen molar-refractivity contribution in [2.45, 2.75) is 24.3 Å². The molecule has 7 nitrogen and oxygen atoms in total. The summed E-state index contributed by atoms with van der Waals surface area (Å²) in [7, 11) is 5.29. The molecular formula is C20H28N4O3. The highest BCUT2D eigenvalue weighted by Gasteiger charge is 2.35. The zero-order valence-electron chi connectivity index (χ0n) is 16.2. The quantitative estimate of drug-likeness (QED) is 0.771. The van der Waals surface area contributed by atoms with Gasteiger partial charge in [-0.05, 0) is 37.6 Å². The molecule has 2 heterocycles. The number of carbonyl (C=O) groups is 1. The van der Waals surface area contributed by atoms with Gasteiger partial charge in [0.05, 0.1) is 13.3 Å². The maximum Gasteiger partial charge on any atom is 0.241 e. The van der Waals surface area contributed by atoms with E-state index in [4.69, 9.17) is 9.47 Å².